The molecule has 14 nitrogen and oxygen atoms in total. The lowest BCUT2D eigenvalue weighted by Crippen LogP contribution is -2.49. The second kappa shape index (κ2) is 12.1. The molecule has 0 aliphatic rings. The number of carbonyl (C=O) groups is 4. The van der Waals surface area contributed by atoms with Crippen LogP contribution in [0.5, 0.6) is 17.2 Å². The van der Waals surface area contributed by atoms with Gasteiger partial charge >= 0.3 is 11.9 Å². The highest BCUT2D eigenvalue weighted by Gasteiger charge is 2.27. The van der Waals surface area contributed by atoms with Crippen LogP contribution in [-0.2, 0) is 25.6 Å². The fourth-order valence-electron chi connectivity index (χ4n) is 3.17. The van der Waals surface area contributed by atoms with Crippen LogP contribution in [0.1, 0.15) is 18.4 Å². The lowest BCUT2D eigenvalue weighted by molar-refractivity contribution is -0.139. The molecule has 15 heteroatoms. The molecular weight excluding hydrogens is 486 g/mol. The van der Waals surface area contributed by atoms with Crippen molar-refractivity contribution in [3.05, 3.63) is 11.8 Å². The first-order valence-electron chi connectivity index (χ1n) is 10.3. The largest absolute Gasteiger partial charge is 0.504 e. The molecule has 2 aromatic rings. The molecule has 1 heterocycles. The molecule has 12 N–H and O–H groups in total. The predicted octanol–water partition coefficient (Wildman–Crippen LogP) is -1.24. The van der Waals surface area contributed by atoms with Crippen molar-refractivity contribution in [2.75, 3.05) is 18.8 Å². The van der Waals surface area contributed by atoms with E-state index in [1.165, 1.54) is 6.20 Å². The average Bonchev–Trinajstić information content (AvgIpc) is 3.22. The number of nitrogens with two attached hydrogens (primary N) is 2. The van der Waals surface area contributed by atoms with Crippen LogP contribution in [0, 0.1) is 0 Å². The van der Waals surface area contributed by atoms with Gasteiger partial charge in [0.25, 0.3) is 0 Å². The fraction of sp³-hybridized carbons (Fsp3) is 0.400. The van der Waals surface area contributed by atoms with Gasteiger partial charge in [-0.05, 0) is 24.9 Å². The summed E-state index contributed by atoms with van der Waals surface area (Å²) in [5, 5.41) is 53.9. The van der Waals surface area contributed by atoms with Crippen molar-refractivity contribution in [1.29, 1.82) is 0 Å². The number of aromatic hydroxyl groups is 3. The van der Waals surface area contributed by atoms with Crippen LogP contribution in [-0.4, -0.2) is 85.2 Å². The second-order valence-electron chi connectivity index (χ2n) is 7.50. The van der Waals surface area contributed by atoms with E-state index in [4.69, 9.17) is 21.7 Å². The van der Waals surface area contributed by atoms with Crippen LogP contribution >= 0.6 is 11.8 Å². The third-order valence-electron chi connectivity index (χ3n) is 4.96. The zero-order valence-corrected chi connectivity index (χ0v) is 19.2. The van der Waals surface area contributed by atoms with Crippen LogP contribution < -0.4 is 22.1 Å². The Morgan fingerprint density at radius 1 is 1.09 bits per heavy atom. The number of hydrogen-bond donors (Lipinski definition) is 10. The monoisotopic (exact) mass is 513 g/mol. The van der Waals surface area contributed by atoms with E-state index in [0.29, 0.717) is 12.0 Å². The van der Waals surface area contributed by atoms with Crippen molar-refractivity contribution in [1.82, 2.24) is 15.6 Å². The van der Waals surface area contributed by atoms with Gasteiger partial charge in [-0.2, -0.15) is 0 Å². The van der Waals surface area contributed by atoms with Crippen LogP contribution in [0.4, 0.5) is 0 Å². The Labute approximate surface area is 202 Å². The Bertz CT molecular complexity index is 1120. The van der Waals surface area contributed by atoms with Crippen LogP contribution in [0.25, 0.3) is 10.9 Å². The Morgan fingerprint density at radius 2 is 1.77 bits per heavy atom. The number of carboxylic acid groups (broad SMARTS) is 2. The number of benzene rings is 1. The zero-order chi connectivity index (χ0) is 26.3. The first kappa shape index (κ1) is 27.6. The van der Waals surface area contributed by atoms with Gasteiger partial charge in [-0.1, -0.05) is 0 Å². The Hall–Kier alpha value is -3.69. The molecule has 2 rings (SSSR count). The molecule has 2 atom stereocenters. The molecule has 192 valence electrons. The number of nitrogens with one attached hydrogen (secondary N) is 3. The second-order valence-corrected chi connectivity index (χ2v) is 8.53. The zero-order valence-electron chi connectivity index (χ0n) is 18.4. The lowest BCUT2D eigenvalue weighted by atomic mass is 10.1. The summed E-state index contributed by atoms with van der Waals surface area (Å²) in [5.74, 6) is -6.08. The molecule has 35 heavy (non-hydrogen) atoms. The third kappa shape index (κ3) is 6.91. The summed E-state index contributed by atoms with van der Waals surface area (Å²) >= 11 is 0.721. The lowest BCUT2D eigenvalue weighted by Gasteiger charge is -2.19. The number of rotatable bonds is 13. The molecule has 0 aliphatic carbocycles. The molecule has 0 saturated carbocycles. The summed E-state index contributed by atoms with van der Waals surface area (Å²) in [6.45, 7) is -0.468. The minimum atomic E-state index is -1.33. The number of carboxylic acids is 2. The molecule has 0 saturated heterocycles. The van der Waals surface area contributed by atoms with Crippen molar-refractivity contribution in [3.8, 4) is 17.2 Å². The summed E-state index contributed by atoms with van der Waals surface area (Å²) < 4.78 is 0. The van der Waals surface area contributed by atoms with Gasteiger partial charge in [0, 0.05) is 18.4 Å². The molecule has 0 bridgehead atoms. The average molecular weight is 514 g/mol. The smallest absolute Gasteiger partial charge is 0.322 e. The standard InChI is InChI=1S/C20H27N5O9S/c21-4-3-8-5-23-14-13(8)15(29)17(31)18(16(14)30)35-7-10(19(32)24-6-12(27)28)25-11(26)2-1-9(22)20(33)34/h5,9-10,23,29-31H,1-4,6-7,21-22H2,(H,24,32)(H,25,26)(H,27,28)(H,33,34). The quantitative estimate of drug-likeness (QED) is 0.0856. The molecule has 2 unspecified atom stereocenters. The molecule has 0 radical (unpaired) electrons. The number of amides is 2. The van der Waals surface area contributed by atoms with Gasteiger partial charge in [0.1, 0.15) is 18.6 Å². The molecule has 2 amide bonds. The van der Waals surface area contributed by atoms with E-state index < -0.39 is 59.6 Å². The van der Waals surface area contributed by atoms with E-state index in [1.54, 1.807) is 0 Å². The van der Waals surface area contributed by atoms with Crippen LogP contribution in [0.3, 0.4) is 0 Å². The molecule has 0 fully saturated rings. The predicted molar refractivity (Wildman–Crippen MR) is 124 cm³/mol. The number of hydrogen-bond acceptors (Lipinski definition) is 10. The normalized spacial score (nSPS) is 12.7. The van der Waals surface area contributed by atoms with E-state index in [2.05, 4.69) is 15.6 Å². The first-order chi connectivity index (χ1) is 16.5. The van der Waals surface area contributed by atoms with Gasteiger partial charge in [-0.15, -0.1) is 11.8 Å². The number of H-pyrrole nitrogens is 1. The first-order valence-corrected chi connectivity index (χ1v) is 11.3. The number of fused-ring (bicyclic) bond motifs is 1. The maximum Gasteiger partial charge on any atom is 0.322 e. The fourth-order valence-corrected chi connectivity index (χ4v) is 4.21. The van der Waals surface area contributed by atoms with Gasteiger partial charge in [0.15, 0.2) is 17.2 Å². The van der Waals surface area contributed by atoms with E-state index in [1.807, 2.05) is 0 Å². The Morgan fingerprint density at radius 3 is 2.37 bits per heavy atom. The number of thioether (sulfide) groups is 1. The Balaban J connectivity index is 2.24. The Kier molecular flexibility index (Phi) is 9.56. The highest BCUT2D eigenvalue weighted by Crippen LogP contribution is 2.49. The van der Waals surface area contributed by atoms with Crippen molar-refractivity contribution in [3.63, 3.8) is 0 Å². The van der Waals surface area contributed by atoms with Gasteiger partial charge in [-0.25, -0.2) is 0 Å². The topological polar surface area (TPSA) is 261 Å². The van der Waals surface area contributed by atoms with E-state index in [9.17, 15) is 34.5 Å². The van der Waals surface area contributed by atoms with Crippen molar-refractivity contribution in [2.24, 2.45) is 11.5 Å². The summed E-state index contributed by atoms with van der Waals surface area (Å²) in [6, 6.07) is -2.62. The van der Waals surface area contributed by atoms with Crippen molar-refractivity contribution < 1.29 is 44.7 Å². The summed E-state index contributed by atoms with van der Waals surface area (Å²) in [4.78, 5) is 48.9. The van der Waals surface area contributed by atoms with Gasteiger partial charge in [0.05, 0.1) is 15.8 Å². The number of aromatic amines is 1. The third-order valence-corrected chi connectivity index (χ3v) is 6.14. The van der Waals surface area contributed by atoms with E-state index >= 15 is 0 Å². The van der Waals surface area contributed by atoms with Gasteiger partial charge in [0.2, 0.25) is 11.8 Å². The molecule has 0 aliphatic heterocycles. The SMILES string of the molecule is NCCc1c[nH]c2c(O)c(SCC(NC(=O)CCC(N)C(=O)O)C(=O)NCC(=O)O)c(O)c(O)c12. The number of phenols is 3. The molecule has 0 spiro atoms. The van der Waals surface area contributed by atoms with E-state index in [0.717, 1.165) is 11.8 Å². The summed E-state index contributed by atoms with van der Waals surface area (Å²) in [7, 11) is 0. The van der Waals surface area contributed by atoms with Crippen LogP contribution in [0.2, 0.25) is 0 Å². The maximum atomic E-state index is 12.5. The van der Waals surface area contributed by atoms with Crippen molar-refractivity contribution in [2.45, 2.75) is 36.2 Å². The van der Waals surface area contributed by atoms with E-state index in [-0.39, 0.29) is 40.9 Å². The van der Waals surface area contributed by atoms with Crippen LogP contribution in [0.15, 0.2) is 11.1 Å². The van der Waals surface area contributed by atoms with Gasteiger partial charge < -0.3 is 52.6 Å². The number of phenolic OH excluding ortho intramolecular Hbond substituents is 3. The minimum Gasteiger partial charge on any atom is -0.504 e. The molecule has 1 aromatic carbocycles. The molecular formula is C20H27N5O9S. The number of aliphatic carboxylic acids is 2. The summed E-state index contributed by atoms with van der Waals surface area (Å²) in [6.07, 6.45) is 1.36. The highest BCUT2D eigenvalue weighted by atomic mass is 32.2. The summed E-state index contributed by atoms with van der Waals surface area (Å²) in [5.41, 5.74) is 11.6. The maximum absolute atomic E-state index is 12.5. The number of carbonyl (C=O) groups excluding carboxylic acids is 2. The van der Waals surface area contributed by atoms with Gasteiger partial charge in [-0.3, -0.25) is 19.2 Å². The minimum absolute atomic E-state index is 0.129. The number of aromatic nitrogens is 1. The molecule has 1 aromatic heterocycles. The van der Waals surface area contributed by atoms with Crippen molar-refractivity contribution >= 4 is 46.4 Å². The highest BCUT2D eigenvalue weighted by molar-refractivity contribution is 7.99.